The standard InChI is InChI=1S/C27H14Cl2F3N5O3S/c28-14-8-9-16(18(29)11-14)23-34-26-37(35-23)25(40)22(41-26)21-17-6-1-2-7-19(17)36(24(21)39)12-20(38)33-15-5-3-4-13(10-15)27(30,31)32/h1-11H,12H2,(H,33,38). The molecule has 3 aromatic carbocycles. The minimum Gasteiger partial charge on any atom is -0.325 e. The second-order valence-electron chi connectivity index (χ2n) is 8.90. The number of amides is 2. The first-order valence-electron chi connectivity index (χ1n) is 11.8. The van der Waals surface area contributed by atoms with E-state index in [1.54, 1.807) is 36.4 Å². The number of aromatic nitrogens is 3. The number of nitrogens with one attached hydrogen (secondary N) is 1. The molecule has 0 aliphatic carbocycles. The maximum atomic E-state index is 13.6. The van der Waals surface area contributed by atoms with E-state index in [0.717, 1.165) is 28.0 Å². The summed E-state index contributed by atoms with van der Waals surface area (Å²) in [6, 6.07) is 15.5. The fraction of sp³-hybridized carbons (Fsp3) is 0.0741. The topological polar surface area (TPSA) is 96.7 Å². The van der Waals surface area contributed by atoms with Crippen LogP contribution in [0.15, 0.2) is 71.5 Å². The number of thiazole rings is 1. The average Bonchev–Trinajstić information content (AvgIpc) is 3.54. The number of carbonyl (C=O) groups is 2. The minimum atomic E-state index is -4.58. The predicted octanol–water partition coefficient (Wildman–Crippen LogP) is 5.05. The summed E-state index contributed by atoms with van der Waals surface area (Å²) in [5.74, 6) is -1.13. The highest BCUT2D eigenvalue weighted by molar-refractivity contribution is 7.15. The van der Waals surface area contributed by atoms with Gasteiger partial charge in [0.1, 0.15) is 11.1 Å². The number of rotatable bonds is 4. The molecule has 206 valence electrons. The Hall–Kier alpha value is -4.26. The molecule has 8 nitrogen and oxygen atoms in total. The molecule has 0 saturated carbocycles. The van der Waals surface area contributed by atoms with Crippen molar-refractivity contribution in [2.75, 3.05) is 16.8 Å². The van der Waals surface area contributed by atoms with Gasteiger partial charge in [0.2, 0.25) is 10.9 Å². The van der Waals surface area contributed by atoms with E-state index in [-0.39, 0.29) is 26.6 Å². The molecule has 0 atom stereocenters. The second kappa shape index (κ2) is 9.98. The molecule has 41 heavy (non-hydrogen) atoms. The van der Waals surface area contributed by atoms with Crippen molar-refractivity contribution in [3.63, 3.8) is 0 Å². The molecule has 6 rings (SSSR count). The average molecular weight is 616 g/mol. The van der Waals surface area contributed by atoms with Crippen molar-refractivity contribution in [2.45, 2.75) is 6.18 Å². The Kier molecular flexibility index (Phi) is 6.56. The summed E-state index contributed by atoms with van der Waals surface area (Å²) in [6.07, 6.45) is -4.58. The van der Waals surface area contributed by atoms with Crippen LogP contribution in [0.4, 0.5) is 24.5 Å². The molecule has 0 bridgehead atoms. The number of hydrogen-bond donors (Lipinski definition) is 1. The molecule has 5 aromatic rings. The number of benzene rings is 3. The van der Waals surface area contributed by atoms with E-state index in [4.69, 9.17) is 23.2 Å². The van der Waals surface area contributed by atoms with Gasteiger partial charge < -0.3 is 5.32 Å². The third-order valence-electron chi connectivity index (χ3n) is 6.26. The molecule has 1 aliphatic heterocycles. The zero-order valence-electron chi connectivity index (χ0n) is 20.4. The van der Waals surface area contributed by atoms with Crippen molar-refractivity contribution in [3.8, 4) is 11.4 Å². The zero-order valence-corrected chi connectivity index (χ0v) is 22.7. The number of nitrogens with zero attached hydrogens (tertiary/aromatic N) is 4. The van der Waals surface area contributed by atoms with E-state index in [9.17, 15) is 27.6 Å². The van der Waals surface area contributed by atoms with Crippen LogP contribution in [0.1, 0.15) is 11.1 Å². The van der Waals surface area contributed by atoms with Gasteiger partial charge in [-0.1, -0.05) is 58.8 Å². The molecule has 14 heteroatoms. The molecule has 0 radical (unpaired) electrons. The van der Waals surface area contributed by atoms with Crippen LogP contribution in [-0.4, -0.2) is 33.0 Å². The van der Waals surface area contributed by atoms with Gasteiger partial charge in [0.15, 0.2) is 5.82 Å². The summed E-state index contributed by atoms with van der Waals surface area (Å²) in [7, 11) is 0. The number of halogens is 5. The van der Waals surface area contributed by atoms with E-state index >= 15 is 0 Å². The summed E-state index contributed by atoms with van der Waals surface area (Å²) in [6.45, 7) is -0.496. The van der Waals surface area contributed by atoms with Crippen molar-refractivity contribution in [2.24, 2.45) is 0 Å². The lowest BCUT2D eigenvalue weighted by molar-refractivity contribution is -0.137. The second-order valence-corrected chi connectivity index (χ2v) is 10.7. The smallest absolute Gasteiger partial charge is 0.325 e. The summed E-state index contributed by atoms with van der Waals surface area (Å²) in [4.78, 5) is 45.6. The van der Waals surface area contributed by atoms with Gasteiger partial charge in [-0.15, -0.1) is 5.10 Å². The molecular formula is C27H14Cl2F3N5O3S. The normalized spacial score (nSPS) is 14.6. The van der Waals surface area contributed by atoms with E-state index < -0.39 is 35.7 Å². The van der Waals surface area contributed by atoms with E-state index in [0.29, 0.717) is 26.9 Å². The number of fused-ring (bicyclic) bond motifs is 2. The Balaban J connectivity index is 1.35. The molecule has 1 N–H and O–H groups in total. The van der Waals surface area contributed by atoms with Crippen LogP contribution in [0.5, 0.6) is 0 Å². The van der Waals surface area contributed by atoms with Gasteiger partial charge in [-0.05, 0) is 42.5 Å². The van der Waals surface area contributed by atoms with E-state index in [1.165, 1.54) is 23.1 Å². The Bertz CT molecular complexity index is 2010. The molecule has 1 aliphatic rings. The lowest BCUT2D eigenvalue weighted by Crippen LogP contribution is -2.37. The summed E-state index contributed by atoms with van der Waals surface area (Å²) < 4.78 is 40.4. The van der Waals surface area contributed by atoms with Crippen LogP contribution >= 0.6 is 34.5 Å². The summed E-state index contributed by atoms with van der Waals surface area (Å²) >= 11 is 13.2. The van der Waals surface area contributed by atoms with Crippen LogP contribution in [0.3, 0.4) is 0 Å². The first kappa shape index (κ1) is 26.9. The van der Waals surface area contributed by atoms with Crippen LogP contribution in [0, 0.1) is 0 Å². The van der Waals surface area contributed by atoms with Crippen molar-refractivity contribution in [3.05, 3.63) is 103 Å². The predicted molar refractivity (Wildman–Crippen MR) is 149 cm³/mol. The minimum absolute atomic E-state index is 0.0702. The fourth-order valence-electron chi connectivity index (χ4n) is 4.44. The van der Waals surface area contributed by atoms with E-state index in [1.807, 2.05) is 0 Å². The molecule has 0 saturated heterocycles. The van der Waals surface area contributed by atoms with Crippen LogP contribution in [0.2, 0.25) is 10.0 Å². The van der Waals surface area contributed by atoms with Crippen LogP contribution < -0.4 is 20.3 Å². The van der Waals surface area contributed by atoms with Gasteiger partial charge in [0.05, 0.1) is 21.8 Å². The van der Waals surface area contributed by atoms with Gasteiger partial charge in [-0.25, -0.2) is 0 Å². The third kappa shape index (κ3) is 4.83. The van der Waals surface area contributed by atoms with Gasteiger partial charge in [-0.3, -0.25) is 19.3 Å². The molecule has 3 heterocycles. The summed E-state index contributed by atoms with van der Waals surface area (Å²) in [5.41, 5.74) is -0.234. The Morgan fingerprint density at radius 2 is 1.76 bits per heavy atom. The molecule has 0 fully saturated rings. The number of alkyl halides is 3. The highest BCUT2D eigenvalue weighted by Crippen LogP contribution is 2.36. The van der Waals surface area contributed by atoms with Crippen molar-refractivity contribution < 1.29 is 22.8 Å². The quantitative estimate of drug-likeness (QED) is 0.305. The fourth-order valence-corrected chi connectivity index (χ4v) is 5.93. The lowest BCUT2D eigenvalue weighted by Gasteiger charge is -2.17. The number of hydrogen-bond acceptors (Lipinski definition) is 6. The van der Waals surface area contributed by atoms with Crippen molar-refractivity contribution >= 4 is 68.3 Å². The first-order valence-corrected chi connectivity index (χ1v) is 13.4. The molecule has 0 spiro atoms. The monoisotopic (exact) mass is 615 g/mol. The number of anilines is 2. The largest absolute Gasteiger partial charge is 0.416 e. The maximum absolute atomic E-state index is 13.6. The van der Waals surface area contributed by atoms with Gasteiger partial charge in [-0.2, -0.15) is 22.7 Å². The molecule has 2 amide bonds. The van der Waals surface area contributed by atoms with Gasteiger partial charge >= 0.3 is 6.18 Å². The van der Waals surface area contributed by atoms with Crippen LogP contribution in [-0.2, 0) is 15.8 Å². The van der Waals surface area contributed by atoms with E-state index in [2.05, 4.69) is 15.4 Å². The van der Waals surface area contributed by atoms with Crippen molar-refractivity contribution in [1.29, 1.82) is 0 Å². The highest BCUT2D eigenvalue weighted by atomic mass is 35.5. The zero-order chi connectivity index (χ0) is 29.1. The van der Waals surface area contributed by atoms with Gasteiger partial charge in [0, 0.05) is 21.8 Å². The Morgan fingerprint density at radius 3 is 2.49 bits per heavy atom. The third-order valence-corrected chi connectivity index (χ3v) is 7.83. The molecular weight excluding hydrogens is 602 g/mol. The molecule has 0 unspecified atom stereocenters. The Morgan fingerprint density at radius 1 is 0.976 bits per heavy atom. The van der Waals surface area contributed by atoms with Gasteiger partial charge in [0.25, 0.3) is 11.5 Å². The van der Waals surface area contributed by atoms with Crippen LogP contribution in [0.25, 0.3) is 21.9 Å². The maximum Gasteiger partial charge on any atom is 0.416 e. The number of para-hydroxylation sites is 1. The summed E-state index contributed by atoms with van der Waals surface area (Å²) in [5, 5.41) is 7.41. The van der Waals surface area contributed by atoms with Crippen molar-refractivity contribution in [1.82, 2.24) is 14.6 Å². The Labute approximate surface area is 242 Å². The highest BCUT2D eigenvalue weighted by Gasteiger charge is 2.36. The SMILES string of the molecule is O=C(CN1C(=O)C(=c2sc3nc(-c4ccc(Cl)cc4Cl)nn3c2=O)c2ccccc21)Nc1cccc(C(F)(F)F)c1. The number of carbonyl (C=O) groups excluding carboxylic acids is 2. The first-order chi connectivity index (χ1) is 19.5. The lowest BCUT2D eigenvalue weighted by atomic mass is 10.1. The molecule has 2 aromatic heterocycles.